The Kier molecular flexibility index (Phi) is 3.93. The van der Waals surface area contributed by atoms with E-state index < -0.39 is 0 Å². The minimum absolute atomic E-state index is 0.343. The Bertz CT molecular complexity index is 442. The van der Waals surface area contributed by atoms with Crippen LogP contribution in [0.25, 0.3) is 0 Å². The molecular weight excluding hydrogens is 262 g/mol. The number of nitrogens with one attached hydrogen (secondary N) is 1. The number of phenolic OH excluding ortho intramolecular Hbond substituents is 1. The minimum atomic E-state index is 0.343. The molecule has 2 heterocycles. The Morgan fingerprint density at radius 1 is 1.21 bits per heavy atom. The zero-order valence-electron chi connectivity index (χ0n) is 11.0. The molecule has 2 aliphatic rings. The number of phenols is 1. The summed E-state index contributed by atoms with van der Waals surface area (Å²) in [6.45, 7) is 7.40. The number of halogens is 1. The van der Waals surface area contributed by atoms with Crippen LogP contribution in [0.15, 0.2) is 18.2 Å². The summed E-state index contributed by atoms with van der Waals surface area (Å²) in [5, 5.41) is 13.9. The molecule has 19 heavy (non-hydrogen) atoms. The Hall–Kier alpha value is -0.810. The molecule has 2 saturated heterocycles. The van der Waals surface area contributed by atoms with E-state index in [4.69, 9.17) is 11.6 Å². The van der Waals surface area contributed by atoms with Crippen molar-refractivity contribution in [2.75, 3.05) is 39.3 Å². The van der Waals surface area contributed by atoms with Crippen molar-refractivity contribution < 1.29 is 5.11 Å². The van der Waals surface area contributed by atoms with Gasteiger partial charge in [-0.15, -0.1) is 0 Å². The lowest BCUT2D eigenvalue weighted by atomic mass is 10.1. The van der Waals surface area contributed by atoms with Crippen LogP contribution in [0.2, 0.25) is 5.02 Å². The molecular formula is C14H20ClN3O. The maximum absolute atomic E-state index is 9.85. The molecule has 5 heteroatoms. The SMILES string of the molecule is Oc1ccc(Cl)cc1CN1CCN(C2CNC2)CC1. The highest BCUT2D eigenvalue weighted by molar-refractivity contribution is 6.30. The Labute approximate surface area is 119 Å². The number of rotatable bonds is 3. The average molecular weight is 282 g/mol. The van der Waals surface area contributed by atoms with Gasteiger partial charge >= 0.3 is 0 Å². The lowest BCUT2D eigenvalue weighted by molar-refractivity contribution is 0.0692. The van der Waals surface area contributed by atoms with Crippen molar-refractivity contribution >= 4 is 11.6 Å². The molecule has 0 aliphatic carbocycles. The van der Waals surface area contributed by atoms with Crippen molar-refractivity contribution in [3.05, 3.63) is 28.8 Å². The van der Waals surface area contributed by atoms with Crippen LogP contribution in [0.3, 0.4) is 0 Å². The van der Waals surface area contributed by atoms with Crippen LogP contribution in [0.4, 0.5) is 0 Å². The quantitative estimate of drug-likeness (QED) is 0.871. The van der Waals surface area contributed by atoms with Crippen molar-refractivity contribution in [1.82, 2.24) is 15.1 Å². The van der Waals surface area contributed by atoms with Crippen LogP contribution in [-0.4, -0.2) is 60.2 Å². The van der Waals surface area contributed by atoms with Gasteiger partial charge in [0.2, 0.25) is 0 Å². The smallest absolute Gasteiger partial charge is 0.120 e. The molecule has 2 N–H and O–H groups in total. The molecule has 0 amide bonds. The van der Waals surface area contributed by atoms with Crippen molar-refractivity contribution in [3.63, 3.8) is 0 Å². The van der Waals surface area contributed by atoms with E-state index in [1.807, 2.05) is 6.07 Å². The van der Waals surface area contributed by atoms with Crippen LogP contribution < -0.4 is 5.32 Å². The standard InChI is InChI=1S/C14H20ClN3O/c15-12-1-2-14(19)11(7-12)10-17-3-5-18(6-4-17)13-8-16-9-13/h1-2,7,13,16,19H,3-6,8-10H2. The normalized spacial score (nSPS) is 22.4. The van der Waals surface area contributed by atoms with E-state index in [1.54, 1.807) is 12.1 Å². The second-order valence-corrected chi connectivity index (χ2v) is 5.83. The van der Waals surface area contributed by atoms with E-state index in [2.05, 4.69) is 15.1 Å². The second-order valence-electron chi connectivity index (χ2n) is 5.40. The van der Waals surface area contributed by atoms with Crippen molar-refractivity contribution in [2.24, 2.45) is 0 Å². The van der Waals surface area contributed by atoms with Gasteiger partial charge < -0.3 is 10.4 Å². The summed E-state index contributed by atoms with van der Waals surface area (Å²) in [6, 6.07) is 6.00. The first-order valence-electron chi connectivity index (χ1n) is 6.87. The lowest BCUT2D eigenvalue weighted by Gasteiger charge is -2.43. The number of benzene rings is 1. The predicted molar refractivity (Wildman–Crippen MR) is 76.6 cm³/mol. The fraction of sp³-hybridized carbons (Fsp3) is 0.571. The molecule has 0 spiro atoms. The van der Waals surface area contributed by atoms with Crippen LogP contribution in [-0.2, 0) is 6.54 Å². The van der Waals surface area contributed by atoms with Gasteiger partial charge in [-0.2, -0.15) is 0 Å². The van der Waals surface area contributed by atoms with Gasteiger partial charge in [-0.05, 0) is 18.2 Å². The molecule has 0 aromatic heterocycles. The van der Waals surface area contributed by atoms with Crippen molar-refractivity contribution in [3.8, 4) is 5.75 Å². The van der Waals surface area contributed by atoms with Gasteiger partial charge in [-0.25, -0.2) is 0 Å². The summed E-state index contributed by atoms with van der Waals surface area (Å²) in [7, 11) is 0. The zero-order valence-corrected chi connectivity index (χ0v) is 11.7. The van der Waals surface area contributed by atoms with Crippen LogP contribution >= 0.6 is 11.6 Å². The van der Waals surface area contributed by atoms with Crippen LogP contribution in [0, 0.1) is 0 Å². The largest absolute Gasteiger partial charge is 0.508 e. The Morgan fingerprint density at radius 3 is 2.58 bits per heavy atom. The maximum Gasteiger partial charge on any atom is 0.120 e. The molecule has 0 unspecified atom stereocenters. The average Bonchev–Trinajstić information content (AvgIpc) is 2.34. The zero-order chi connectivity index (χ0) is 13.2. The summed E-state index contributed by atoms with van der Waals surface area (Å²) in [5.41, 5.74) is 0.922. The summed E-state index contributed by atoms with van der Waals surface area (Å²) in [5.74, 6) is 0.343. The number of aromatic hydroxyl groups is 1. The van der Waals surface area contributed by atoms with Crippen LogP contribution in [0.5, 0.6) is 5.75 Å². The van der Waals surface area contributed by atoms with Gasteiger partial charge in [-0.1, -0.05) is 11.6 Å². The van der Waals surface area contributed by atoms with Gasteiger partial charge in [0.25, 0.3) is 0 Å². The second kappa shape index (κ2) is 5.67. The molecule has 0 bridgehead atoms. The fourth-order valence-electron chi connectivity index (χ4n) is 2.74. The highest BCUT2D eigenvalue weighted by Gasteiger charge is 2.27. The number of nitrogens with zero attached hydrogens (tertiary/aromatic N) is 2. The molecule has 1 aromatic carbocycles. The summed E-state index contributed by atoms with van der Waals surface area (Å²) < 4.78 is 0. The topological polar surface area (TPSA) is 38.7 Å². The molecule has 0 radical (unpaired) electrons. The third-order valence-corrected chi connectivity index (χ3v) is 4.35. The maximum atomic E-state index is 9.85. The summed E-state index contributed by atoms with van der Waals surface area (Å²) in [6.07, 6.45) is 0. The van der Waals surface area contributed by atoms with E-state index in [9.17, 15) is 5.11 Å². The van der Waals surface area contributed by atoms with Crippen LogP contribution in [0.1, 0.15) is 5.56 Å². The van der Waals surface area contributed by atoms with Gasteiger partial charge in [0.05, 0.1) is 0 Å². The van der Waals surface area contributed by atoms with Gasteiger partial charge in [0.1, 0.15) is 5.75 Å². The molecule has 0 saturated carbocycles. The van der Waals surface area contributed by atoms with E-state index in [0.717, 1.165) is 57.4 Å². The summed E-state index contributed by atoms with van der Waals surface area (Å²) in [4.78, 5) is 4.94. The van der Waals surface area contributed by atoms with E-state index >= 15 is 0 Å². The highest BCUT2D eigenvalue weighted by atomic mass is 35.5. The Morgan fingerprint density at radius 2 is 1.95 bits per heavy atom. The van der Waals surface area contributed by atoms with E-state index in [-0.39, 0.29) is 0 Å². The Balaban J connectivity index is 1.55. The third-order valence-electron chi connectivity index (χ3n) is 4.12. The molecule has 3 rings (SSSR count). The molecule has 104 valence electrons. The first-order chi connectivity index (χ1) is 9.22. The van der Waals surface area contributed by atoms with E-state index in [1.165, 1.54) is 0 Å². The molecule has 0 atom stereocenters. The molecule has 2 aliphatic heterocycles. The number of hydrogen-bond acceptors (Lipinski definition) is 4. The number of piperazine rings is 1. The molecule has 2 fully saturated rings. The van der Waals surface area contributed by atoms with Gasteiger partial charge in [-0.3, -0.25) is 9.80 Å². The monoisotopic (exact) mass is 281 g/mol. The fourth-order valence-corrected chi connectivity index (χ4v) is 2.93. The minimum Gasteiger partial charge on any atom is -0.508 e. The lowest BCUT2D eigenvalue weighted by Crippen LogP contribution is -2.61. The first kappa shape index (κ1) is 13.2. The van der Waals surface area contributed by atoms with Gasteiger partial charge in [0.15, 0.2) is 0 Å². The first-order valence-corrected chi connectivity index (χ1v) is 7.25. The highest BCUT2D eigenvalue weighted by Crippen LogP contribution is 2.23. The van der Waals surface area contributed by atoms with E-state index in [0.29, 0.717) is 10.8 Å². The molecule has 1 aromatic rings. The van der Waals surface area contributed by atoms with Crippen molar-refractivity contribution in [1.29, 1.82) is 0 Å². The molecule has 4 nitrogen and oxygen atoms in total. The van der Waals surface area contributed by atoms with Gasteiger partial charge in [0, 0.05) is 62.4 Å². The predicted octanol–water partition coefficient (Wildman–Crippen LogP) is 1.13. The van der Waals surface area contributed by atoms with Crippen molar-refractivity contribution in [2.45, 2.75) is 12.6 Å². The number of hydrogen-bond donors (Lipinski definition) is 2. The third kappa shape index (κ3) is 3.03. The summed E-state index contributed by atoms with van der Waals surface area (Å²) >= 11 is 5.98.